The van der Waals surface area contributed by atoms with E-state index in [2.05, 4.69) is 4.98 Å². The van der Waals surface area contributed by atoms with Crippen LogP contribution in [-0.2, 0) is 16.0 Å². The molecular weight excluding hydrogens is 280 g/mol. The van der Waals surface area contributed by atoms with Gasteiger partial charge in [-0.05, 0) is 24.5 Å². The van der Waals surface area contributed by atoms with E-state index in [9.17, 15) is 9.59 Å². The number of amides is 1. The van der Waals surface area contributed by atoms with Gasteiger partial charge in [-0.2, -0.15) is 0 Å². The minimum atomic E-state index is -0.815. The highest BCUT2D eigenvalue weighted by Gasteiger charge is 2.28. The van der Waals surface area contributed by atoms with E-state index in [0.29, 0.717) is 19.5 Å². The molecule has 1 aliphatic rings. The molecule has 1 saturated heterocycles. The van der Waals surface area contributed by atoms with Gasteiger partial charge in [0.15, 0.2) is 0 Å². The number of carboxylic acid groups (broad SMARTS) is 1. The van der Waals surface area contributed by atoms with Gasteiger partial charge >= 0.3 is 5.97 Å². The maximum absolute atomic E-state index is 12.5. The number of pyridine rings is 1. The van der Waals surface area contributed by atoms with Crippen molar-refractivity contribution >= 4 is 22.8 Å². The second kappa shape index (κ2) is 6.13. The number of para-hydroxylation sites is 1. The molecule has 1 fully saturated rings. The quantitative estimate of drug-likeness (QED) is 0.942. The summed E-state index contributed by atoms with van der Waals surface area (Å²) >= 11 is 0. The molecule has 0 unspecified atom stereocenters. The molecule has 1 amide bonds. The summed E-state index contributed by atoms with van der Waals surface area (Å²) in [6, 6.07) is 9.64. The Morgan fingerprint density at radius 1 is 1.27 bits per heavy atom. The van der Waals surface area contributed by atoms with Crippen LogP contribution < -0.4 is 0 Å². The fourth-order valence-electron chi connectivity index (χ4n) is 2.99. The lowest BCUT2D eigenvalue weighted by Crippen LogP contribution is -2.43. The monoisotopic (exact) mass is 298 g/mol. The Labute approximate surface area is 128 Å². The second-order valence-electron chi connectivity index (χ2n) is 5.69. The minimum Gasteiger partial charge on any atom is -0.481 e. The normalized spacial score (nSPS) is 18.4. The van der Waals surface area contributed by atoms with Crippen molar-refractivity contribution in [2.24, 2.45) is 5.92 Å². The summed E-state index contributed by atoms with van der Waals surface area (Å²) in [5.41, 5.74) is 1.73. The predicted octanol–water partition coefficient (Wildman–Crippen LogP) is 2.10. The lowest BCUT2D eigenvalue weighted by molar-refractivity contribution is -0.145. The maximum Gasteiger partial charge on any atom is 0.308 e. The van der Waals surface area contributed by atoms with Gasteiger partial charge in [0, 0.05) is 24.7 Å². The molecule has 2 heterocycles. The largest absolute Gasteiger partial charge is 0.481 e. The van der Waals surface area contributed by atoms with E-state index in [4.69, 9.17) is 5.11 Å². The zero-order valence-corrected chi connectivity index (χ0v) is 12.2. The maximum atomic E-state index is 12.5. The summed E-state index contributed by atoms with van der Waals surface area (Å²) in [6.45, 7) is 0.952. The smallest absolute Gasteiger partial charge is 0.308 e. The number of rotatable bonds is 3. The van der Waals surface area contributed by atoms with Gasteiger partial charge in [-0.3, -0.25) is 14.6 Å². The Kier molecular flexibility index (Phi) is 4.04. The lowest BCUT2D eigenvalue weighted by Gasteiger charge is -2.30. The van der Waals surface area contributed by atoms with Crippen molar-refractivity contribution in [3.8, 4) is 0 Å². The van der Waals surface area contributed by atoms with E-state index in [0.717, 1.165) is 22.9 Å². The molecule has 114 valence electrons. The number of nitrogens with zero attached hydrogens (tertiary/aromatic N) is 2. The second-order valence-corrected chi connectivity index (χ2v) is 5.69. The van der Waals surface area contributed by atoms with Crippen molar-refractivity contribution in [3.63, 3.8) is 0 Å². The third-order valence-electron chi connectivity index (χ3n) is 4.18. The summed E-state index contributed by atoms with van der Waals surface area (Å²) in [6.07, 6.45) is 3.38. The number of aromatic nitrogens is 1. The van der Waals surface area contributed by atoms with Gasteiger partial charge in [0.1, 0.15) is 0 Å². The molecule has 0 saturated carbocycles. The van der Waals surface area contributed by atoms with E-state index in [1.165, 1.54) is 0 Å². The summed E-state index contributed by atoms with van der Waals surface area (Å²) in [5.74, 6) is -1.28. The first-order valence-corrected chi connectivity index (χ1v) is 7.48. The lowest BCUT2D eigenvalue weighted by atomic mass is 9.97. The first kappa shape index (κ1) is 14.5. The zero-order chi connectivity index (χ0) is 15.5. The van der Waals surface area contributed by atoms with Crippen LogP contribution in [0.4, 0.5) is 0 Å². The first-order chi connectivity index (χ1) is 10.6. The average molecular weight is 298 g/mol. The molecule has 0 spiro atoms. The van der Waals surface area contributed by atoms with Gasteiger partial charge < -0.3 is 10.0 Å². The van der Waals surface area contributed by atoms with Crippen LogP contribution in [0.15, 0.2) is 36.5 Å². The van der Waals surface area contributed by atoms with E-state index in [1.54, 1.807) is 11.1 Å². The van der Waals surface area contributed by atoms with Crippen LogP contribution in [0.2, 0.25) is 0 Å². The van der Waals surface area contributed by atoms with Crippen molar-refractivity contribution in [1.29, 1.82) is 0 Å². The summed E-state index contributed by atoms with van der Waals surface area (Å²) in [5, 5.41) is 10.1. The van der Waals surface area contributed by atoms with Crippen LogP contribution >= 0.6 is 0 Å². The van der Waals surface area contributed by atoms with Gasteiger partial charge in [-0.1, -0.05) is 24.3 Å². The molecule has 1 aliphatic heterocycles. The molecule has 5 heteroatoms. The minimum absolute atomic E-state index is 0.0240. The standard InChI is InChI=1S/C17H18N2O3/c20-15(19-9-3-7-14(11-19)17(21)22)10-13-5-1-4-12-6-2-8-18-16(12)13/h1-2,4-6,8,14H,3,7,9-11H2,(H,21,22)/t14-/m0/s1. The fourth-order valence-corrected chi connectivity index (χ4v) is 2.99. The van der Waals surface area contributed by atoms with Gasteiger partial charge in [-0.15, -0.1) is 0 Å². The van der Waals surface area contributed by atoms with Crippen LogP contribution in [0.25, 0.3) is 10.9 Å². The molecule has 0 bridgehead atoms. The van der Waals surface area contributed by atoms with Gasteiger partial charge in [-0.25, -0.2) is 0 Å². The molecule has 3 rings (SSSR count). The van der Waals surface area contributed by atoms with Crippen LogP contribution in [0.5, 0.6) is 0 Å². The molecule has 1 aromatic heterocycles. The highest BCUT2D eigenvalue weighted by atomic mass is 16.4. The van der Waals surface area contributed by atoms with Crippen molar-refractivity contribution in [2.75, 3.05) is 13.1 Å². The Hall–Kier alpha value is -2.43. The number of hydrogen-bond donors (Lipinski definition) is 1. The van der Waals surface area contributed by atoms with E-state index < -0.39 is 11.9 Å². The van der Waals surface area contributed by atoms with Crippen molar-refractivity contribution in [3.05, 3.63) is 42.1 Å². The topological polar surface area (TPSA) is 70.5 Å². The van der Waals surface area contributed by atoms with E-state index >= 15 is 0 Å². The molecule has 1 aromatic carbocycles. The number of aliphatic carboxylic acids is 1. The van der Waals surface area contributed by atoms with E-state index in [-0.39, 0.29) is 12.3 Å². The molecule has 0 radical (unpaired) electrons. The van der Waals surface area contributed by atoms with Gasteiger partial charge in [0.2, 0.25) is 5.91 Å². The Balaban J connectivity index is 1.77. The molecule has 1 atom stereocenters. The van der Waals surface area contributed by atoms with Crippen LogP contribution in [0.3, 0.4) is 0 Å². The molecule has 0 aliphatic carbocycles. The molecule has 1 N–H and O–H groups in total. The highest BCUT2D eigenvalue weighted by Crippen LogP contribution is 2.20. The van der Waals surface area contributed by atoms with Crippen LogP contribution in [0, 0.1) is 5.92 Å². The summed E-state index contributed by atoms with van der Waals surface area (Å²) < 4.78 is 0. The van der Waals surface area contributed by atoms with Gasteiger partial charge in [0.25, 0.3) is 0 Å². The molecular formula is C17H18N2O3. The number of carbonyl (C=O) groups excluding carboxylic acids is 1. The number of carbonyl (C=O) groups is 2. The number of carboxylic acids is 1. The number of benzene rings is 1. The SMILES string of the molecule is O=C(O)[C@H]1CCCN(C(=O)Cc2cccc3cccnc23)C1. The number of hydrogen-bond acceptors (Lipinski definition) is 3. The van der Waals surface area contributed by atoms with Gasteiger partial charge in [0.05, 0.1) is 17.9 Å². The van der Waals surface area contributed by atoms with Crippen molar-refractivity contribution in [2.45, 2.75) is 19.3 Å². The number of piperidine rings is 1. The molecule has 22 heavy (non-hydrogen) atoms. The molecule has 2 aromatic rings. The molecule has 5 nitrogen and oxygen atoms in total. The van der Waals surface area contributed by atoms with Crippen molar-refractivity contribution < 1.29 is 14.7 Å². The van der Waals surface area contributed by atoms with Crippen LogP contribution in [-0.4, -0.2) is 40.0 Å². The first-order valence-electron chi connectivity index (χ1n) is 7.48. The fraction of sp³-hybridized carbons (Fsp3) is 0.353. The van der Waals surface area contributed by atoms with E-state index in [1.807, 2.05) is 30.3 Å². The Morgan fingerprint density at radius 2 is 2.09 bits per heavy atom. The third kappa shape index (κ3) is 2.93. The predicted molar refractivity (Wildman–Crippen MR) is 82.4 cm³/mol. The third-order valence-corrected chi connectivity index (χ3v) is 4.18. The summed E-state index contributed by atoms with van der Waals surface area (Å²) in [7, 11) is 0. The van der Waals surface area contributed by atoms with Crippen LogP contribution in [0.1, 0.15) is 18.4 Å². The number of fused-ring (bicyclic) bond motifs is 1. The Bertz CT molecular complexity index is 709. The average Bonchev–Trinajstić information content (AvgIpc) is 2.55. The summed E-state index contributed by atoms with van der Waals surface area (Å²) in [4.78, 5) is 29.6. The Morgan fingerprint density at radius 3 is 2.91 bits per heavy atom. The number of likely N-dealkylation sites (tertiary alicyclic amines) is 1. The van der Waals surface area contributed by atoms with Crippen molar-refractivity contribution in [1.82, 2.24) is 9.88 Å². The highest BCUT2D eigenvalue weighted by molar-refractivity contribution is 5.87. The zero-order valence-electron chi connectivity index (χ0n) is 12.2.